The molecule has 2 unspecified atom stereocenters. The summed E-state index contributed by atoms with van der Waals surface area (Å²) in [5.41, 5.74) is 0.453. The van der Waals surface area contributed by atoms with Crippen LogP contribution in [0.15, 0.2) is 24.3 Å². The maximum Gasteiger partial charge on any atom is 0.312 e. The topological polar surface area (TPSA) is 75.6 Å². The molecule has 1 aromatic rings. The highest BCUT2D eigenvalue weighted by Gasteiger charge is 2.25. The largest absolute Gasteiger partial charge is 0.481 e. The number of nitrogens with one attached hydrogen (secondary N) is 1. The first-order chi connectivity index (χ1) is 10.1. The van der Waals surface area contributed by atoms with Crippen LogP contribution >= 0.6 is 0 Å². The van der Waals surface area contributed by atoms with Crippen LogP contribution in [0.25, 0.3) is 0 Å². The predicted molar refractivity (Wildman–Crippen MR) is 73.4 cm³/mol. The minimum absolute atomic E-state index is 0.0420. The van der Waals surface area contributed by atoms with Gasteiger partial charge in [0.15, 0.2) is 0 Å². The van der Waals surface area contributed by atoms with E-state index in [0.717, 1.165) is 12.8 Å². The van der Waals surface area contributed by atoms with Crippen molar-refractivity contribution >= 4 is 11.9 Å². The molecule has 0 aromatic heterocycles. The number of amides is 1. The molecule has 1 saturated heterocycles. The van der Waals surface area contributed by atoms with Gasteiger partial charge in [-0.25, -0.2) is 4.39 Å². The molecule has 1 aromatic carbocycles. The average Bonchev–Trinajstić information content (AvgIpc) is 2.49. The van der Waals surface area contributed by atoms with E-state index in [2.05, 4.69) is 5.32 Å². The third-order valence-electron chi connectivity index (χ3n) is 3.52. The van der Waals surface area contributed by atoms with Crippen LogP contribution < -0.4 is 5.32 Å². The second kappa shape index (κ2) is 7.17. The Labute approximate surface area is 122 Å². The zero-order valence-corrected chi connectivity index (χ0v) is 11.5. The summed E-state index contributed by atoms with van der Waals surface area (Å²) in [5, 5.41) is 11.9. The number of carbonyl (C=O) groups excluding carboxylic acids is 1. The molecule has 0 saturated carbocycles. The summed E-state index contributed by atoms with van der Waals surface area (Å²) >= 11 is 0. The van der Waals surface area contributed by atoms with Gasteiger partial charge in [-0.1, -0.05) is 12.1 Å². The molecule has 0 aliphatic carbocycles. The molecule has 1 heterocycles. The zero-order chi connectivity index (χ0) is 15.2. The van der Waals surface area contributed by atoms with Crippen LogP contribution in [0.2, 0.25) is 0 Å². The Morgan fingerprint density at radius 3 is 2.62 bits per heavy atom. The molecule has 2 atom stereocenters. The lowest BCUT2D eigenvalue weighted by molar-refractivity contribution is -0.139. The smallest absolute Gasteiger partial charge is 0.312 e. The lowest BCUT2D eigenvalue weighted by atomic mass is 9.99. The van der Waals surface area contributed by atoms with Gasteiger partial charge in [0, 0.05) is 13.2 Å². The fourth-order valence-electron chi connectivity index (χ4n) is 2.31. The molecule has 0 bridgehead atoms. The Hall–Kier alpha value is -1.95. The number of carbonyl (C=O) groups is 2. The summed E-state index contributed by atoms with van der Waals surface area (Å²) in [7, 11) is 0. The molecule has 2 rings (SSSR count). The Morgan fingerprint density at radius 1 is 1.33 bits per heavy atom. The Balaban J connectivity index is 1.95. The molecule has 21 heavy (non-hydrogen) atoms. The fourth-order valence-corrected chi connectivity index (χ4v) is 2.31. The van der Waals surface area contributed by atoms with Crippen LogP contribution in [0.4, 0.5) is 4.39 Å². The highest BCUT2D eigenvalue weighted by Crippen LogP contribution is 2.17. The Kier molecular flexibility index (Phi) is 5.27. The van der Waals surface area contributed by atoms with Crippen molar-refractivity contribution in [1.29, 1.82) is 0 Å². The Morgan fingerprint density at radius 2 is 2.05 bits per heavy atom. The third-order valence-corrected chi connectivity index (χ3v) is 3.52. The van der Waals surface area contributed by atoms with Crippen LogP contribution in [0.3, 0.4) is 0 Å². The highest BCUT2D eigenvalue weighted by atomic mass is 19.1. The van der Waals surface area contributed by atoms with E-state index >= 15 is 0 Å². The number of carboxylic acids is 1. The second-order valence-electron chi connectivity index (χ2n) is 5.04. The molecule has 1 aliphatic heterocycles. The predicted octanol–water partition coefficient (Wildman–Crippen LogP) is 1.68. The molecule has 0 radical (unpaired) electrons. The molecular formula is C15H18FNO4. The Bertz CT molecular complexity index is 497. The van der Waals surface area contributed by atoms with Gasteiger partial charge in [0.05, 0.1) is 5.92 Å². The highest BCUT2D eigenvalue weighted by molar-refractivity contribution is 5.82. The maximum absolute atomic E-state index is 12.9. The molecule has 6 heteroatoms. The first-order valence-corrected chi connectivity index (χ1v) is 6.95. The lowest BCUT2D eigenvalue weighted by Gasteiger charge is -2.22. The SMILES string of the molecule is O=C(NCC(C(=O)O)c1ccc(F)cc1)C1CCCCO1. The first kappa shape index (κ1) is 15.4. The molecule has 2 N–H and O–H groups in total. The van der Waals surface area contributed by atoms with Crippen molar-refractivity contribution in [3.8, 4) is 0 Å². The third kappa shape index (κ3) is 4.26. The van der Waals surface area contributed by atoms with Gasteiger partial charge in [0.2, 0.25) is 5.91 Å². The molecule has 1 aliphatic rings. The van der Waals surface area contributed by atoms with E-state index in [1.165, 1.54) is 24.3 Å². The van der Waals surface area contributed by atoms with Crippen LogP contribution in [-0.2, 0) is 14.3 Å². The first-order valence-electron chi connectivity index (χ1n) is 6.95. The van der Waals surface area contributed by atoms with Gasteiger partial charge in [0.25, 0.3) is 0 Å². The number of carboxylic acid groups (broad SMARTS) is 1. The van der Waals surface area contributed by atoms with E-state index in [1.54, 1.807) is 0 Å². The normalized spacial score (nSPS) is 19.8. The van der Waals surface area contributed by atoms with E-state index in [-0.39, 0.29) is 12.5 Å². The van der Waals surface area contributed by atoms with Crippen molar-refractivity contribution in [3.63, 3.8) is 0 Å². The van der Waals surface area contributed by atoms with Gasteiger partial charge in [-0.2, -0.15) is 0 Å². The van der Waals surface area contributed by atoms with Crippen molar-refractivity contribution in [1.82, 2.24) is 5.32 Å². The number of ether oxygens (including phenoxy) is 1. The van der Waals surface area contributed by atoms with Crippen molar-refractivity contribution in [2.75, 3.05) is 13.2 Å². The number of halogens is 1. The summed E-state index contributed by atoms with van der Waals surface area (Å²) in [6.07, 6.45) is 2.02. The summed E-state index contributed by atoms with van der Waals surface area (Å²) in [6, 6.07) is 5.24. The number of hydrogen-bond donors (Lipinski definition) is 2. The van der Waals surface area contributed by atoms with E-state index in [0.29, 0.717) is 18.6 Å². The van der Waals surface area contributed by atoms with E-state index < -0.39 is 23.8 Å². The molecule has 5 nitrogen and oxygen atoms in total. The molecule has 114 valence electrons. The van der Waals surface area contributed by atoms with Gasteiger partial charge in [-0.05, 0) is 37.0 Å². The van der Waals surface area contributed by atoms with Crippen LogP contribution in [0.5, 0.6) is 0 Å². The van der Waals surface area contributed by atoms with Gasteiger partial charge in [-0.3, -0.25) is 9.59 Å². The van der Waals surface area contributed by atoms with Crippen LogP contribution in [-0.4, -0.2) is 36.2 Å². The summed E-state index contributed by atoms with van der Waals surface area (Å²) in [4.78, 5) is 23.2. The molecule has 0 spiro atoms. The van der Waals surface area contributed by atoms with Crippen molar-refractivity contribution < 1.29 is 23.8 Å². The van der Waals surface area contributed by atoms with Crippen LogP contribution in [0.1, 0.15) is 30.7 Å². The molecule has 1 fully saturated rings. The monoisotopic (exact) mass is 295 g/mol. The van der Waals surface area contributed by atoms with Crippen molar-refractivity contribution in [2.45, 2.75) is 31.3 Å². The van der Waals surface area contributed by atoms with E-state index in [1.807, 2.05) is 0 Å². The lowest BCUT2D eigenvalue weighted by Crippen LogP contribution is -2.41. The van der Waals surface area contributed by atoms with E-state index in [9.17, 15) is 19.1 Å². The zero-order valence-electron chi connectivity index (χ0n) is 11.5. The molecular weight excluding hydrogens is 277 g/mol. The minimum atomic E-state index is -1.06. The minimum Gasteiger partial charge on any atom is -0.481 e. The summed E-state index contributed by atoms with van der Waals surface area (Å²) in [6.45, 7) is 0.512. The van der Waals surface area contributed by atoms with Crippen molar-refractivity contribution in [3.05, 3.63) is 35.6 Å². The number of rotatable bonds is 5. The molecule has 1 amide bonds. The van der Waals surface area contributed by atoms with Gasteiger partial charge >= 0.3 is 5.97 Å². The van der Waals surface area contributed by atoms with Crippen LogP contribution in [0, 0.1) is 5.82 Å². The summed E-state index contributed by atoms with van der Waals surface area (Å²) < 4.78 is 18.2. The van der Waals surface area contributed by atoms with Gasteiger partial charge in [0.1, 0.15) is 11.9 Å². The van der Waals surface area contributed by atoms with Gasteiger partial charge in [-0.15, -0.1) is 0 Å². The maximum atomic E-state index is 12.9. The van der Waals surface area contributed by atoms with Crippen molar-refractivity contribution in [2.24, 2.45) is 0 Å². The average molecular weight is 295 g/mol. The number of hydrogen-bond acceptors (Lipinski definition) is 3. The number of aliphatic carboxylic acids is 1. The quantitative estimate of drug-likeness (QED) is 0.866. The van der Waals surface area contributed by atoms with E-state index in [4.69, 9.17) is 4.74 Å². The standard InChI is InChI=1S/C15H18FNO4/c16-11-6-4-10(5-7-11)12(15(19)20)9-17-14(18)13-3-1-2-8-21-13/h4-7,12-13H,1-3,8-9H2,(H,17,18)(H,19,20). The fraction of sp³-hybridized carbons (Fsp3) is 0.467. The van der Waals surface area contributed by atoms with Gasteiger partial charge < -0.3 is 15.2 Å². The summed E-state index contributed by atoms with van der Waals surface area (Å²) in [5.74, 6) is -2.68. The second-order valence-corrected chi connectivity index (χ2v) is 5.04. The number of benzene rings is 1.